The van der Waals surface area contributed by atoms with Crippen LogP contribution < -0.4 is 21.6 Å². The van der Waals surface area contributed by atoms with Crippen LogP contribution in [0.3, 0.4) is 0 Å². The predicted molar refractivity (Wildman–Crippen MR) is 91.0 cm³/mol. The number of amides is 2. The van der Waals surface area contributed by atoms with Gasteiger partial charge in [-0.1, -0.05) is 12.1 Å². The fraction of sp³-hybridized carbons (Fsp3) is 0.176. The van der Waals surface area contributed by atoms with Crippen LogP contribution in [0.4, 0.5) is 18.9 Å². The van der Waals surface area contributed by atoms with Crippen molar-refractivity contribution in [1.29, 1.82) is 0 Å². The van der Waals surface area contributed by atoms with E-state index in [2.05, 4.69) is 10.1 Å². The number of nitrogens with zero attached hydrogens (tertiary/aromatic N) is 1. The maximum atomic E-state index is 13.2. The molecule has 5 N–H and O–H groups in total. The zero-order valence-corrected chi connectivity index (χ0v) is 14.0. The Morgan fingerprint density at radius 3 is 2.44 bits per heavy atom. The summed E-state index contributed by atoms with van der Waals surface area (Å²) in [7, 11) is 0. The molecule has 0 saturated heterocycles. The van der Waals surface area contributed by atoms with Crippen molar-refractivity contribution >= 4 is 17.5 Å². The molecule has 0 heterocycles. The summed E-state index contributed by atoms with van der Waals surface area (Å²) in [5, 5.41) is 3.13. The van der Waals surface area contributed by atoms with E-state index in [-0.39, 0.29) is 23.5 Å². The maximum absolute atomic E-state index is 13.2. The van der Waals surface area contributed by atoms with Gasteiger partial charge in [0.15, 0.2) is 0 Å². The van der Waals surface area contributed by atoms with E-state index < -0.39 is 30.8 Å². The molecule has 0 saturated carbocycles. The number of carbonyl (C=O) groups excluding carboxylic acids is 2. The molecule has 2 rings (SSSR count). The first-order valence-corrected chi connectivity index (χ1v) is 7.68. The number of hydrogen-bond donors (Lipinski definition) is 3. The molecular formula is C17H17F3N4O3. The van der Waals surface area contributed by atoms with Crippen LogP contribution in [-0.2, 0) is 11.3 Å². The first-order chi connectivity index (χ1) is 12.8. The molecule has 2 aromatic rings. The Morgan fingerprint density at radius 1 is 1.15 bits per heavy atom. The molecule has 7 nitrogen and oxygen atoms in total. The number of ether oxygens (including phenoxy) is 1. The van der Waals surface area contributed by atoms with Gasteiger partial charge in [-0.25, -0.2) is 10.2 Å². The molecule has 2 amide bonds. The average molecular weight is 382 g/mol. The van der Waals surface area contributed by atoms with Crippen molar-refractivity contribution in [2.75, 3.05) is 12.3 Å². The number of nitrogen functional groups attached to an aromatic ring is 1. The molecule has 0 atom stereocenters. The molecule has 0 bridgehead atoms. The van der Waals surface area contributed by atoms with Gasteiger partial charge >= 0.3 is 6.61 Å². The second-order valence-corrected chi connectivity index (χ2v) is 5.46. The van der Waals surface area contributed by atoms with Gasteiger partial charge in [0.25, 0.3) is 5.91 Å². The summed E-state index contributed by atoms with van der Waals surface area (Å²) >= 11 is 0. The van der Waals surface area contributed by atoms with Crippen LogP contribution in [0.25, 0.3) is 0 Å². The number of nitrogens with two attached hydrogens (primary N) is 2. The Balaban J connectivity index is 1.87. The highest BCUT2D eigenvalue weighted by Gasteiger charge is 2.18. The number of benzene rings is 2. The number of halogens is 3. The number of hydrogen-bond acceptors (Lipinski definition) is 5. The molecule has 0 fully saturated rings. The summed E-state index contributed by atoms with van der Waals surface area (Å²) in [6.45, 7) is -3.32. The summed E-state index contributed by atoms with van der Waals surface area (Å²) < 4.78 is 41.6. The third-order valence-electron chi connectivity index (χ3n) is 3.46. The minimum Gasteiger partial charge on any atom is -0.435 e. The fourth-order valence-corrected chi connectivity index (χ4v) is 2.14. The Hall–Kier alpha value is -3.27. The molecule has 0 spiro atoms. The number of rotatable bonds is 7. The molecule has 27 heavy (non-hydrogen) atoms. The van der Waals surface area contributed by atoms with Crippen molar-refractivity contribution in [2.45, 2.75) is 13.2 Å². The number of nitrogens with one attached hydrogen (secondary N) is 1. The molecule has 0 aromatic heterocycles. The second kappa shape index (κ2) is 8.90. The summed E-state index contributed by atoms with van der Waals surface area (Å²) in [6.07, 6.45) is 0. The van der Waals surface area contributed by atoms with Gasteiger partial charge in [0.2, 0.25) is 5.91 Å². The standard InChI is InChI=1S/C17H17F3N4O3/c18-11-3-6-14(21)13(7-11)16(26)24(22)9-15(25)23-8-10-1-4-12(5-2-10)27-17(19)20/h1-7,17H,8-9,21-22H2,(H,23,25). The summed E-state index contributed by atoms with van der Waals surface area (Å²) in [5.74, 6) is 3.51. The van der Waals surface area contributed by atoms with Gasteiger partial charge in [-0.2, -0.15) is 8.78 Å². The van der Waals surface area contributed by atoms with Gasteiger partial charge in [0.1, 0.15) is 18.1 Å². The summed E-state index contributed by atoms with van der Waals surface area (Å²) in [5.41, 5.74) is 6.11. The lowest BCUT2D eigenvalue weighted by molar-refractivity contribution is -0.122. The zero-order valence-electron chi connectivity index (χ0n) is 14.0. The van der Waals surface area contributed by atoms with Crippen molar-refractivity contribution in [3.8, 4) is 5.75 Å². The maximum Gasteiger partial charge on any atom is 0.387 e. The molecule has 0 radical (unpaired) electrons. The summed E-state index contributed by atoms with van der Waals surface area (Å²) in [6, 6.07) is 8.90. The smallest absolute Gasteiger partial charge is 0.387 e. The molecule has 0 aliphatic carbocycles. The number of alkyl halides is 2. The molecule has 144 valence electrons. The third kappa shape index (κ3) is 5.89. The van der Waals surface area contributed by atoms with Gasteiger partial charge < -0.3 is 15.8 Å². The van der Waals surface area contributed by atoms with E-state index in [9.17, 15) is 22.8 Å². The third-order valence-corrected chi connectivity index (χ3v) is 3.46. The van der Waals surface area contributed by atoms with E-state index in [1.807, 2.05) is 0 Å². The Labute approximate surface area is 152 Å². The zero-order chi connectivity index (χ0) is 20.0. The van der Waals surface area contributed by atoms with Crippen LogP contribution in [0.2, 0.25) is 0 Å². The predicted octanol–water partition coefficient (Wildman–Crippen LogP) is 1.64. The molecule has 0 aliphatic heterocycles. The van der Waals surface area contributed by atoms with Crippen molar-refractivity contribution in [3.63, 3.8) is 0 Å². The highest BCUT2D eigenvalue weighted by molar-refractivity contribution is 6.00. The van der Waals surface area contributed by atoms with Gasteiger partial charge in [-0.15, -0.1) is 0 Å². The average Bonchev–Trinajstić information content (AvgIpc) is 2.62. The van der Waals surface area contributed by atoms with E-state index in [1.165, 1.54) is 30.3 Å². The second-order valence-electron chi connectivity index (χ2n) is 5.46. The van der Waals surface area contributed by atoms with Crippen molar-refractivity contribution in [1.82, 2.24) is 10.3 Å². The van der Waals surface area contributed by atoms with E-state index in [1.54, 1.807) is 0 Å². The SMILES string of the molecule is Nc1ccc(F)cc1C(=O)N(N)CC(=O)NCc1ccc(OC(F)F)cc1. The van der Waals surface area contributed by atoms with Crippen LogP contribution in [0, 0.1) is 5.82 Å². The molecule has 0 aliphatic rings. The van der Waals surface area contributed by atoms with Gasteiger partial charge in [-0.3, -0.25) is 14.6 Å². The Kier molecular flexibility index (Phi) is 6.61. The van der Waals surface area contributed by atoms with Crippen LogP contribution >= 0.6 is 0 Å². The lowest BCUT2D eigenvalue weighted by atomic mass is 10.1. The fourth-order valence-electron chi connectivity index (χ4n) is 2.14. The van der Waals surface area contributed by atoms with Crippen LogP contribution in [0.1, 0.15) is 15.9 Å². The highest BCUT2D eigenvalue weighted by Crippen LogP contribution is 2.16. The van der Waals surface area contributed by atoms with E-state index in [4.69, 9.17) is 11.6 Å². The molecule has 0 unspecified atom stereocenters. The topological polar surface area (TPSA) is 111 Å². The molecular weight excluding hydrogens is 365 g/mol. The minimum absolute atomic E-state index is 0.00788. The minimum atomic E-state index is -2.92. The van der Waals surface area contributed by atoms with Crippen LogP contribution in [-0.4, -0.2) is 30.0 Å². The van der Waals surface area contributed by atoms with Crippen LogP contribution in [0.15, 0.2) is 42.5 Å². The molecule has 2 aromatic carbocycles. The highest BCUT2D eigenvalue weighted by atomic mass is 19.3. The lowest BCUT2D eigenvalue weighted by Gasteiger charge is -2.17. The number of carbonyl (C=O) groups is 2. The normalized spacial score (nSPS) is 10.6. The molecule has 10 heteroatoms. The van der Waals surface area contributed by atoms with E-state index in [0.29, 0.717) is 10.6 Å². The number of anilines is 1. The van der Waals surface area contributed by atoms with E-state index in [0.717, 1.165) is 12.1 Å². The van der Waals surface area contributed by atoms with Crippen molar-refractivity contribution in [2.24, 2.45) is 5.84 Å². The largest absolute Gasteiger partial charge is 0.435 e. The van der Waals surface area contributed by atoms with Gasteiger partial charge in [-0.05, 0) is 35.9 Å². The first-order valence-electron chi connectivity index (χ1n) is 7.68. The quantitative estimate of drug-likeness (QED) is 0.292. The van der Waals surface area contributed by atoms with Gasteiger partial charge in [0, 0.05) is 12.2 Å². The van der Waals surface area contributed by atoms with Crippen molar-refractivity contribution < 1.29 is 27.5 Å². The summed E-state index contributed by atoms with van der Waals surface area (Å²) in [4.78, 5) is 24.1. The Morgan fingerprint density at radius 2 is 1.81 bits per heavy atom. The first kappa shape index (κ1) is 20.0. The van der Waals surface area contributed by atoms with Gasteiger partial charge in [0.05, 0.1) is 5.56 Å². The monoisotopic (exact) mass is 382 g/mol. The van der Waals surface area contributed by atoms with Crippen LogP contribution in [0.5, 0.6) is 5.75 Å². The van der Waals surface area contributed by atoms with Crippen molar-refractivity contribution in [3.05, 3.63) is 59.4 Å². The van der Waals surface area contributed by atoms with E-state index >= 15 is 0 Å². The number of hydrazine groups is 1. The Bertz CT molecular complexity index is 816. The lowest BCUT2D eigenvalue weighted by Crippen LogP contribution is -2.45.